The lowest BCUT2D eigenvalue weighted by Crippen LogP contribution is -2.08. The zero-order chi connectivity index (χ0) is 14.7. The van der Waals surface area contributed by atoms with E-state index in [1.165, 1.54) is 0 Å². The molecule has 0 saturated heterocycles. The average molecular weight is 291 g/mol. The van der Waals surface area contributed by atoms with Gasteiger partial charge in [-0.15, -0.1) is 5.10 Å². The lowest BCUT2D eigenvalue weighted by molar-refractivity contribution is 0.0994. The van der Waals surface area contributed by atoms with Crippen LogP contribution in [0.15, 0.2) is 6.20 Å². The molecule has 20 heavy (non-hydrogen) atoms. The predicted octanol–water partition coefficient (Wildman–Crippen LogP) is 2.55. The van der Waals surface area contributed by atoms with Crippen LogP contribution in [0.1, 0.15) is 39.1 Å². The molecule has 0 aromatic carbocycles. The van der Waals surface area contributed by atoms with Crippen molar-refractivity contribution in [3.8, 4) is 5.75 Å². The van der Waals surface area contributed by atoms with Gasteiger partial charge in [0.1, 0.15) is 10.6 Å². The maximum absolute atomic E-state index is 12.3. The van der Waals surface area contributed by atoms with Gasteiger partial charge in [-0.05, 0) is 31.8 Å². The van der Waals surface area contributed by atoms with Crippen molar-refractivity contribution in [2.45, 2.75) is 33.6 Å². The number of carbonyl (C=O) groups is 1. The van der Waals surface area contributed by atoms with Gasteiger partial charge in [0.05, 0.1) is 24.9 Å². The summed E-state index contributed by atoms with van der Waals surface area (Å²) in [5.41, 5.74) is 3.39. The molecule has 5 nitrogen and oxygen atoms in total. The number of pyridine rings is 1. The van der Waals surface area contributed by atoms with E-state index >= 15 is 0 Å². The summed E-state index contributed by atoms with van der Waals surface area (Å²) in [5, 5.41) is 3.97. The number of ketones is 1. The lowest BCUT2D eigenvalue weighted by atomic mass is 10.1. The van der Waals surface area contributed by atoms with Gasteiger partial charge < -0.3 is 4.74 Å². The molecule has 106 valence electrons. The second kappa shape index (κ2) is 6.09. The Hall–Kier alpha value is -1.82. The van der Waals surface area contributed by atoms with E-state index in [0.717, 1.165) is 39.8 Å². The number of hydrogen-bond donors (Lipinski definition) is 0. The summed E-state index contributed by atoms with van der Waals surface area (Å²) in [4.78, 5) is 17.3. The van der Waals surface area contributed by atoms with Gasteiger partial charge in [-0.1, -0.05) is 11.4 Å². The Bertz CT molecular complexity index is 637. The van der Waals surface area contributed by atoms with Crippen LogP contribution in [0.4, 0.5) is 0 Å². The zero-order valence-corrected chi connectivity index (χ0v) is 12.9. The van der Waals surface area contributed by atoms with Crippen molar-refractivity contribution in [1.82, 2.24) is 14.6 Å². The first-order valence-electron chi connectivity index (χ1n) is 6.42. The molecule has 0 spiro atoms. The molecule has 0 amide bonds. The fraction of sp³-hybridized carbons (Fsp3) is 0.429. The second-order valence-electron chi connectivity index (χ2n) is 4.55. The normalized spacial score (nSPS) is 10.6. The van der Waals surface area contributed by atoms with Gasteiger partial charge in [-0.3, -0.25) is 9.78 Å². The molecule has 0 aliphatic rings. The van der Waals surface area contributed by atoms with Crippen molar-refractivity contribution >= 4 is 17.3 Å². The monoisotopic (exact) mass is 291 g/mol. The Balaban J connectivity index is 2.29. The minimum atomic E-state index is 0.0124. The third-order valence-electron chi connectivity index (χ3n) is 3.22. The smallest absolute Gasteiger partial charge is 0.182 e. The van der Waals surface area contributed by atoms with Gasteiger partial charge in [0.25, 0.3) is 0 Å². The molecule has 2 aromatic rings. The molecular weight excluding hydrogens is 274 g/mol. The Labute approximate surface area is 122 Å². The molecule has 0 aliphatic carbocycles. The number of aryl methyl sites for hydroxylation is 2. The number of hydrogen-bond acceptors (Lipinski definition) is 6. The highest BCUT2D eigenvalue weighted by molar-refractivity contribution is 7.08. The number of rotatable bonds is 5. The molecule has 2 heterocycles. The van der Waals surface area contributed by atoms with E-state index in [2.05, 4.69) is 14.6 Å². The fourth-order valence-electron chi connectivity index (χ4n) is 2.13. The van der Waals surface area contributed by atoms with E-state index < -0.39 is 0 Å². The minimum absolute atomic E-state index is 0.0124. The van der Waals surface area contributed by atoms with Gasteiger partial charge in [-0.25, -0.2) is 0 Å². The van der Waals surface area contributed by atoms with Crippen molar-refractivity contribution in [3.63, 3.8) is 0 Å². The van der Waals surface area contributed by atoms with Gasteiger partial charge in [0.2, 0.25) is 0 Å². The number of aromatic nitrogens is 3. The number of carbonyl (C=O) groups excluding carboxylic acids is 1. The average Bonchev–Trinajstić information content (AvgIpc) is 2.91. The van der Waals surface area contributed by atoms with Crippen LogP contribution in [0, 0.1) is 13.8 Å². The maximum Gasteiger partial charge on any atom is 0.182 e. The highest BCUT2D eigenvalue weighted by atomic mass is 32.1. The van der Waals surface area contributed by atoms with E-state index in [-0.39, 0.29) is 12.2 Å². The predicted molar refractivity (Wildman–Crippen MR) is 77.6 cm³/mol. The second-order valence-corrected chi connectivity index (χ2v) is 5.30. The van der Waals surface area contributed by atoms with Crippen molar-refractivity contribution in [1.29, 1.82) is 0 Å². The Morgan fingerprint density at radius 2 is 2.10 bits per heavy atom. The van der Waals surface area contributed by atoms with Gasteiger partial charge in [0, 0.05) is 17.3 Å². The molecule has 0 fully saturated rings. The molecular formula is C14H17N3O2S. The van der Waals surface area contributed by atoms with Crippen LogP contribution >= 0.6 is 11.5 Å². The van der Waals surface area contributed by atoms with E-state index in [9.17, 15) is 4.79 Å². The van der Waals surface area contributed by atoms with Gasteiger partial charge >= 0.3 is 0 Å². The molecule has 6 heteroatoms. The van der Waals surface area contributed by atoms with Crippen LogP contribution in [0.2, 0.25) is 0 Å². The molecule has 0 radical (unpaired) electrons. The third kappa shape index (κ3) is 2.70. The van der Waals surface area contributed by atoms with Crippen LogP contribution in [-0.4, -0.2) is 27.5 Å². The Morgan fingerprint density at radius 3 is 2.75 bits per heavy atom. The summed E-state index contributed by atoms with van der Waals surface area (Å²) >= 11 is 1.15. The van der Waals surface area contributed by atoms with E-state index in [0.29, 0.717) is 11.3 Å². The topological polar surface area (TPSA) is 65.0 Å². The van der Waals surface area contributed by atoms with E-state index in [4.69, 9.17) is 4.74 Å². The van der Waals surface area contributed by atoms with Gasteiger partial charge in [-0.2, -0.15) is 0 Å². The molecule has 0 saturated carbocycles. The summed E-state index contributed by atoms with van der Waals surface area (Å²) in [6.45, 7) is 5.83. The first kappa shape index (κ1) is 14.6. The Kier molecular flexibility index (Phi) is 4.44. The minimum Gasteiger partial charge on any atom is -0.496 e. The fourth-order valence-corrected chi connectivity index (χ4v) is 2.82. The molecule has 0 bridgehead atoms. The SMILES string of the molecule is CCc1nnsc1C(=O)Cc1ncc(C)c(OC)c1C. The van der Waals surface area contributed by atoms with E-state index in [1.807, 2.05) is 20.8 Å². The summed E-state index contributed by atoms with van der Waals surface area (Å²) in [5.74, 6) is 0.805. The van der Waals surface area contributed by atoms with Crippen molar-refractivity contribution in [3.05, 3.63) is 33.6 Å². The zero-order valence-electron chi connectivity index (χ0n) is 12.1. The summed E-state index contributed by atoms with van der Waals surface area (Å²) < 4.78 is 9.21. The van der Waals surface area contributed by atoms with Crippen molar-refractivity contribution in [2.75, 3.05) is 7.11 Å². The molecule has 0 atom stereocenters. The highest BCUT2D eigenvalue weighted by Gasteiger charge is 2.18. The molecule has 2 aromatic heterocycles. The maximum atomic E-state index is 12.3. The highest BCUT2D eigenvalue weighted by Crippen LogP contribution is 2.25. The quantitative estimate of drug-likeness (QED) is 0.792. The Morgan fingerprint density at radius 1 is 1.35 bits per heavy atom. The first-order valence-corrected chi connectivity index (χ1v) is 7.19. The van der Waals surface area contributed by atoms with E-state index in [1.54, 1.807) is 13.3 Å². The summed E-state index contributed by atoms with van der Waals surface area (Å²) in [7, 11) is 1.63. The lowest BCUT2D eigenvalue weighted by Gasteiger charge is -2.11. The number of nitrogens with zero attached hydrogens (tertiary/aromatic N) is 3. The molecule has 2 rings (SSSR count). The molecule has 0 unspecified atom stereocenters. The van der Waals surface area contributed by atoms with Crippen molar-refractivity contribution in [2.24, 2.45) is 0 Å². The summed E-state index contributed by atoms with van der Waals surface area (Å²) in [6, 6.07) is 0. The standard InChI is InChI=1S/C14H17N3O2S/c1-5-10-14(20-17-16-10)12(18)6-11-9(3)13(19-4)8(2)7-15-11/h7H,5-6H2,1-4H3. The van der Waals surface area contributed by atoms with Crippen LogP contribution in [0.25, 0.3) is 0 Å². The number of methoxy groups -OCH3 is 1. The largest absolute Gasteiger partial charge is 0.496 e. The van der Waals surface area contributed by atoms with Crippen LogP contribution < -0.4 is 4.74 Å². The van der Waals surface area contributed by atoms with Crippen LogP contribution in [0.5, 0.6) is 5.75 Å². The number of ether oxygens (including phenoxy) is 1. The van der Waals surface area contributed by atoms with Crippen molar-refractivity contribution < 1.29 is 9.53 Å². The first-order chi connectivity index (χ1) is 9.58. The third-order valence-corrected chi connectivity index (χ3v) is 4.03. The number of Topliss-reactive ketones (excluding diaryl/α,β-unsaturated/α-hetero) is 1. The summed E-state index contributed by atoms with van der Waals surface area (Å²) in [6.07, 6.45) is 2.70. The van der Waals surface area contributed by atoms with Crippen LogP contribution in [0.3, 0.4) is 0 Å². The molecule has 0 aliphatic heterocycles. The van der Waals surface area contributed by atoms with Gasteiger partial charge in [0.15, 0.2) is 5.78 Å². The van der Waals surface area contributed by atoms with Crippen LogP contribution in [-0.2, 0) is 12.8 Å². The molecule has 0 N–H and O–H groups in total.